The summed E-state index contributed by atoms with van der Waals surface area (Å²) in [4.78, 5) is 23.9. The van der Waals surface area contributed by atoms with Gasteiger partial charge in [0.15, 0.2) is 5.82 Å². The van der Waals surface area contributed by atoms with Crippen molar-refractivity contribution in [3.8, 4) is 0 Å². The maximum atomic E-state index is 12.0. The smallest absolute Gasteiger partial charge is 0.320 e. The van der Waals surface area contributed by atoms with E-state index in [2.05, 4.69) is 15.8 Å². The van der Waals surface area contributed by atoms with Crippen LogP contribution in [0.25, 0.3) is 0 Å². The molecule has 0 saturated heterocycles. The molecule has 0 aliphatic carbocycles. The van der Waals surface area contributed by atoms with Crippen molar-refractivity contribution in [3.05, 3.63) is 47.2 Å². The third kappa shape index (κ3) is 4.57. The summed E-state index contributed by atoms with van der Waals surface area (Å²) in [5, 5.41) is 8.84. The minimum Gasteiger partial charge on any atom is -0.468 e. The third-order valence-electron chi connectivity index (χ3n) is 3.27. The van der Waals surface area contributed by atoms with E-state index in [0.29, 0.717) is 11.6 Å². The standard InChI is InChI=1S/C16H19N3O4/c1-10-5-4-6-12(7-10)13(15(20)22-3)9-17-16(21)18-14-8-11(2)23-19-14/h4-8,13H,9H2,1-3H3,(H2,17,18,19,21). The van der Waals surface area contributed by atoms with Gasteiger partial charge in [0.25, 0.3) is 0 Å². The molecule has 7 heteroatoms. The molecule has 2 rings (SSSR count). The summed E-state index contributed by atoms with van der Waals surface area (Å²) in [7, 11) is 1.32. The van der Waals surface area contributed by atoms with Crippen LogP contribution in [0.3, 0.4) is 0 Å². The summed E-state index contributed by atoms with van der Waals surface area (Å²) >= 11 is 0. The Kier molecular flexibility index (Phi) is 5.35. The van der Waals surface area contributed by atoms with Gasteiger partial charge in [-0.1, -0.05) is 35.0 Å². The van der Waals surface area contributed by atoms with Crippen molar-refractivity contribution in [3.63, 3.8) is 0 Å². The second kappa shape index (κ2) is 7.44. The zero-order valence-corrected chi connectivity index (χ0v) is 13.3. The molecule has 0 fully saturated rings. The predicted molar refractivity (Wildman–Crippen MR) is 84.2 cm³/mol. The topological polar surface area (TPSA) is 93.5 Å². The molecule has 0 bridgehead atoms. The zero-order chi connectivity index (χ0) is 16.8. The van der Waals surface area contributed by atoms with Crippen molar-refractivity contribution in [2.75, 3.05) is 19.0 Å². The zero-order valence-electron chi connectivity index (χ0n) is 13.3. The molecule has 0 saturated carbocycles. The number of methoxy groups -OCH3 is 1. The number of carbonyl (C=O) groups is 2. The van der Waals surface area contributed by atoms with Crippen LogP contribution in [0.1, 0.15) is 22.8 Å². The third-order valence-corrected chi connectivity index (χ3v) is 3.27. The van der Waals surface area contributed by atoms with E-state index >= 15 is 0 Å². The van der Waals surface area contributed by atoms with E-state index in [1.807, 2.05) is 31.2 Å². The molecule has 7 nitrogen and oxygen atoms in total. The fourth-order valence-electron chi connectivity index (χ4n) is 2.15. The van der Waals surface area contributed by atoms with Gasteiger partial charge < -0.3 is 14.6 Å². The van der Waals surface area contributed by atoms with Crippen molar-refractivity contribution < 1.29 is 18.8 Å². The van der Waals surface area contributed by atoms with Crippen LogP contribution in [0.15, 0.2) is 34.9 Å². The van der Waals surface area contributed by atoms with Gasteiger partial charge in [-0.05, 0) is 19.4 Å². The number of hydrogen-bond donors (Lipinski definition) is 2. The average Bonchev–Trinajstić information content (AvgIpc) is 2.92. The fraction of sp³-hybridized carbons (Fsp3) is 0.312. The number of rotatable bonds is 5. The SMILES string of the molecule is COC(=O)C(CNC(=O)Nc1cc(C)on1)c1cccc(C)c1. The summed E-state index contributed by atoms with van der Waals surface area (Å²) in [6.45, 7) is 3.77. The minimum atomic E-state index is -0.579. The van der Waals surface area contributed by atoms with E-state index in [1.165, 1.54) is 7.11 Å². The molecule has 1 aromatic carbocycles. The Morgan fingerprint density at radius 2 is 2.09 bits per heavy atom. The number of ether oxygens (including phenoxy) is 1. The lowest BCUT2D eigenvalue weighted by molar-refractivity contribution is -0.142. The lowest BCUT2D eigenvalue weighted by Crippen LogP contribution is -2.35. The Morgan fingerprint density at radius 1 is 1.30 bits per heavy atom. The molecule has 1 aromatic heterocycles. The quantitative estimate of drug-likeness (QED) is 0.826. The molecule has 2 amide bonds. The van der Waals surface area contributed by atoms with Crippen molar-refractivity contribution >= 4 is 17.8 Å². The number of aromatic nitrogens is 1. The molecule has 0 spiro atoms. The largest absolute Gasteiger partial charge is 0.468 e. The maximum absolute atomic E-state index is 12.0. The molecule has 0 radical (unpaired) electrons. The number of nitrogens with zero attached hydrogens (tertiary/aromatic N) is 1. The van der Waals surface area contributed by atoms with Crippen LogP contribution in [0.4, 0.5) is 10.6 Å². The van der Waals surface area contributed by atoms with Gasteiger partial charge in [0.1, 0.15) is 5.76 Å². The second-order valence-corrected chi connectivity index (χ2v) is 5.15. The first kappa shape index (κ1) is 16.5. The van der Waals surface area contributed by atoms with E-state index in [9.17, 15) is 9.59 Å². The molecule has 1 atom stereocenters. The van der Waals surface area contributed by atoms with E-state index in [0.717, 1.165) is 11.1 Å². The van der Waals surface area contributed by atoms with Crippen LogP contribution < -0.4 is 10.6 Å². The lowest BCUT2D eigenvalue weighted by Gasteiger charge is -2.16. The van der Waals surface area contributed by atoms with Crippen molar-refractivity contribution in [2.24, 2.45) is 0 Å². The number of esters is 1. The first-order valence-corrected chi connectivity index (χ1v) is 7.12. The number of aryl methyl sites for hydroxylation is 2. The van der Waals surface area contributed by atoms with Gasteiger partial charge in [-0.2, -0.15) is 0 Å². The van der Waals surface area contributed by atoms with Gasteiger partial charge in [-0.15, -0.1) is 0 Å². The van der Waals surface area contributed by atoms with Crippen LogP contribution >= 0.6 is 0 Å². The van der Waals surface area contributed by atoms with E-state index in [-0.39, 0.29) is 6.54 Å². The van der Waals surface area contributed by atoms with Crippen LogP contribution in [0, 0.1) is 13.8 Å². The Balaban J connectivity index is 2.01. The first-order valence-electron chi connectivity index (χ1n) is 7.12. The fourth-order valence-corrected chi connectivity index (χ4v) is 2.15. The van der Waals surface area contributed by atoms with Crippen LogP contribution in [-0.4, -0.2) is 30.8 Å². The van der Waals surface area contributed by atoms with E-state index in [1.54, 1.807) is 13.0 Å². The maximum Gasteiger partial charge on any atom is 0.320 e. The molecule has 0 aliphatic heterocycles. The first-order chi connectivity index (χ1) is 11.0. The Hall–Kier alpha value is -2.83. The van der Waals surface area contributed by atoms with E-state index < -0.39 is 17.9 Å². The van der Waals surface area contributed by atoms with Crippen LogP contribution in [0.2, 0.25) is 0 Å². The van der Waals surface area contributed by atoms with Crippen molar-refractivity contribution in [1.82, 2.24) is 10.5 Å². The highest BCUT2D eigenvalue weighted by Crippen LogP contribution is 2.18. The van der Waals surface area contributed by atoms with Crippen LogP contribution in [-0.2, 0) is 9.53 Å². The summed E-state index contributed by atoms with van der Waals surface area (Å²) in [6, 6.07) is 8.64. The molecule has 0 aliphatic rings. The van der Waals surface area contributed by atoms with Crippen molar-refractivity contribution in [2.45, 2.75) is 19.8 Å². The van der Waals surface area contributed by atoms with Gasteiger partial charge in [0.05, 0.1) is 13.0 Å². The molecule has 122 valence electrons. The molecular weight excluding hydrogens is 298 g/mol. The predicted octanol–water partition coefficient (Wildman–Crippen LogP) is 2.37. The summed E-state index contributed by atoms with van der Waals surface area (Å²) in [6.07, 6.45) is 0. The number of benzene rings is 1. The Morgan fingerprint density at radius 3 is 2.70 bits per heavy atom. The number of anilines is 1. The second-order valence-electron chi connectivity index (χ2n) is 5.15. The van der Waals surface area contributed by atoms with Crippen LogP contribution in [0.5, 0.6) is 0 Å². The van der Waals surface area contributed by atoms with Gasteiger partial charge in [0, 0.05) is 12.6 Å². The minimum absolute atomic E-state index is 0.110. The average molecular weight is 317 g/mol. The summed E-state index contributed by atoms with van der Waals surface area (Å²) in [5.41, 5.74) is 1.81. The highest BCUT2D eigenvalue weighted by Gasteiger charge is 2.22. The van der Waals surface area contributed by atoms with Crippen molar-refractivity contribution in [1.29, 1.82) is 0 Å². The Bertz CT molecular complexity index is 696. The Labute approximate surface area is 134 Å². The lowest BCUT2D eigenvalue weighted by atomic mass is 9.97. The summed E-state index contributed by atoms with van der Waals surface area (Å²) < 4.78 is 9.69. The number of hydrogen-bond acceptors (Lipinski definition) is 5. The normalized spacial score (nSPS) is 11.6. The van der Waals surface area contributed by atoms with Gasteiger partial charge in [-0.25, -0.2) is 4.79 Å². The molecule has 2 aromatic rings. The number of amides is 2. The molecule has 2 N–H and O–H groups in total. The highest BCUT2D eigenvalue weighted by atomic mass is 16.5. The molecule has 1 heterocycles. The molecular formula is C16H19N3O4. The van der Waals surface area contributed by atoms with E-state index in [4.69, 9.17) is 9.26 Å². The number of nitrogens with one attached hydrogen (secondary N) is 2. The summed E-state index contributed by atoms with van der Waals surface area (Å²) in [5.74, 6) is -0.0875. The molecule has 1 unspecified atom stereocenters. The molecule has 23 heavy (non-hydrogen) atoms. The van der Waals surface area contributed by atoms with Gasteiger partial charge in [-0.3, -0.25) is 10.1 Å². The van der Waals surface area contributed by atoms with Gasteiger partial charge >= 0.3 is 12.0 Å². The highest BCUT2D eigenvalue weighted by molar-refractivity contribution is 5.89. The van der Waals surface area contributed by atoms with Gasteiger partial charge in [0.2, 0.25) is 0 Å². The number of urea groups is 1. The monoisotopic (exact) mass is 317 g/mol. The number of carbonyl (C=O) groups excluding carboxylic acids is 2.